The molecule has 2 aliphatic rings. The molecule has 0 aromatic heterocycles. The van der Waals surface area contributed by atoms with Gasteiger partial charge in [-0.15, -0.1) is 0 Å². The maximum atomic E-state index is 12.8. The number of halogens is 1. The summed E-state index contributed by atoms with van der Waals surface area (Å²) in [6.07, 6.45) is 0.727. The number of esters is 1. The molecule has 1 aromatic carbocycles. The van der Waals surface area contributed by atoms with E-state index in [9.17, 15) is 9.59 Å². The first-order valence-electron chi connectivity index (χ1n) is 7.60. The van der Waals surface area contributed by atoms with Gasteiger partial charge in [0, 0.05) is 3.57 Å². The zero-order valence-electron chi connectivity index (χ0n) is 13.6. The lowest BCUT2D eigenvalue weighted by Gasteiger charge is -2.32. The molecular weight excluding hydrogens is 439 g/mol. The summed E-state index contributed by atoms with van der Waals surface area (Å²) in [5.74, 6) is -0.449. The van der Waals surface area contributed by atoms with Crippen molar-refractivity contribution >= 4 is 51.4 Å². The predicted molar refractivity (Wildman–Crippen MR) is 103 cm³/mol. The zero-order chi connectivity index (χ0) is 17.4. The van der Waals surface area contributed by atoms with Crippen molar-refractivity contribution < 1.29 is 14.3 Å². The van der Waals surface area contributed by atoms with Crippen molar-refractivity contribution in [3.63, 3.8) is 0 Å². The van der Waals surface area contributed by atoms with Crippen LogP contribution in [0.15, 0.2) is 40.5 Å². The minimum absolute atomic E-state index is 0.00120. The second kappa shape index (κ2) is 6.87. The van der Waals surface area contributed by atoms with Gasteiger partial charge in [-0.3, -0.25) is 9.69 Å². The number of rotatable bonds is 3. The molecule has 126 valence electrons. The molecule has 2 heterocycles. The molecule has 2 unspecified atom stereocenters. The van der Waals surface area contributed by atoms with Crippen LogP contribution < -0.4 is 0 Å². The average molecular weight is 456 g/mol. The zero-order valence-corrected chi connectivity index (χ0v) is 16.6. The van der Waals surface area contributed by atoms with E-state index in [4.69, 9.17) is 4.74 Å². The van der Waals surface area contributed by atoms with E-state index in [1.54, 1.807) is 11.8 Å². The molecule has 1 saturated heterocycles. The Morgan fingerprint density at radius 2 is 2.04 bits per heavy atom. The van der Waals surface area contributed by atoms with E-state index in [0.717, 1.165) is 15.6 Å². The Hall–Kier alpha value is -1.35. The number of amides is 1. The second-order valence-electron chi connectivity index (χ2n) is 5.56. The molecule has 0 radical (unpaired) electrons. The molecule has 0 spiro atoms. The smallest absolute Gasteiger partial charge is 0.338 e. The summed E-state index contributed by atoms with van der Waals surface area (Å²) >= 11 is 3.70. The number of ether oxygens (including phenoxy) is 1. The van der Waals surface area contributed by atoms with Crippen LogP contribution in [0.3, 0.4) is 0 Å². The van der Waals surface area contributed by atoms with Gasteiger partial charge in [0.1, 0.15) is 0 Å². The van der Waals surface area contributed by atoms with Crippen LogP contribution in [0.4, 0.5) is 0 Å². The maximum absolute atomic E-state index is 12.8. The van der Waals surface area contributed by atoms with Crippen LogP contribution in [0.1, 0.15) is 31.9 Å². The monoisotopic (exact) mass is 456 g/mol. The third-order valence-corrected chi connectivity index (χ3v) is 6.15. The Balaban J connectivity index is 2.15. The van der Waals surface area contributed by atoms with Gasteiger partial charge < -0.3 is 4.74 Å². The number of thioether (sulfide) groups is 1. The van der Waals surface area contributed by atoms with Crippen molar-refractivity contribution in [2.45, 2.75) is 31.6 Å². The normalized spacial score (nSPS) is 23.2. The number of hydrogen-bond donors (Lipinski definition) is 0. The quantitative estimate of drug-likeness (QED) is 0.516. The Kier molecular flexibility index (Phi) is 5.00. The van der Waals surface area contributed by atoms with E-state index >= 15 is 0 Å². The number of amidine groups is 1. The van der Waals surface area contributed by atoms with Gasteiger partial charge in [0.25, 0.3) is 0 Å². The van der Waals surface area contributed by atoms with Gasteiger partial charge in [-0.05, 0) is 53.6 Å². The number of hydrogen-bond acceptors (Lipinski definition) is 5. The molecule has 2 aliphatic heterocycles. The molecule has 24 heavy (non-hydrogen) atoms. The maximum Gasteiger partial charge on any atom is 0.338 e. The second-order valence-corrected chi connectivity index (χ2v) is 7.98. The van der Waals surface area contributed by atoms with Crippen molar-refractivity contribution in [3.8, 4) is 0 Å². The largest absolute Gasteiger partial charge is 0.466 e. The predicted octanol–water partition coefficient (Wildman–Crippen LogP) is 3.50. The van der Waals surface area contributed by atoms with Crippen molar-refractivity contribution in [3.05, 3.63) is 44.7 Å². The lowest BCUT2D eigenvalue weighted by Crippen LogP contribution is -2.40. The molecular formula is C17H17IN2O3S. The first-order chi connectivity index (χ1) is 11.5. The highest BCUT2D eigenvalue weighted by Crippen LogP contribution is 2.43. The van der Waals surface area contributed by atoms with E-state index in [1.165, 1.54) is 18.9 Å². The third-order valence-electron chi connectivity index (χ3n) is 4.11. The standard InChI is InChI=1S/C17H17IN2O3S/c1-4-12-15(21)20-14(10-5-7-11(18)8-6-10)13(16(22)23-3)9(2)19-17(20)24-12/h5-8,12,14H,4H2,1-3H3. The number of carbonyl (C=O) groups excluding carboxylic acids is 2. The van der Waals surface area contributed by atoms with Gasteiger partial charge in [-0.25, -0.2) is 9.79 Å². The summed E-state index contributed by atoms with van der Waals surface area (Å²) in [7, 11) is 1.35. The lowest BCUT2D eigenvalue weighted by atomic mass is 9.94. The fraction of sp³-hybridized carbons (Fsp3) is 0.353. The number of allylic oxidation sites excluding steroid dienone is 1. The van der Waals surface area contributed by atoms with E-state index < -0.39 is 12.0 Å². The van der Waals surface area contributed by atoms with E-state index in [-0.39, 0.29) is 11.2 Å². The molecule has 1 fully saturated rings. The SMILES string of the molecule is CCC1SC2=NC(C)=C(C(=O)OC)C(c3ccc(I)cc3)N2C1=O. The lowest BCUT2D eigenvalue weighted by molar-refractivity contribution is -0.137. The van der Waals surface area contributed by atoms with Crippen LogP contribution in [-0.2, 0) is 14.3 Å². The van der Waals surface area contributed by atoms with Gasteiger partial charge >= 0.3 is 5.97 Å². The molecule has 2 atom stereocenters. The van der Waals surface area contributed by atoms with E-state index in [2.05, 4.69) is 27.6 Å². The topological polar surface area (TPSA) is 59.0 Å². The molecule has 1 aromatic rings. The summed E-state index contributed by atoms with van der Waals surface area (Å²) in [6, 6.07) is 7.34. The molecule has 0 saturated carbocycles. The van der Waals surface area contributed by atoms with Crippen molar-refractivity contribution in [2.75, 3.05) is 7.11 Å². The number of aliphatic imine (C=N–C) groups is 1. The molecule has 7 heteroatoms. The fourth-order valence-corrected chi connectivity index (χ4v) is 4.41. The Bertz CT molecular complexity index is 758. The van der Waals surface area contributed by atoms with Crippen LogP contribution in [0.2, 0.25) is 0 Å². The highest BCUT2D eigenvalue weighted by molar-refractivity contribution is 14.1. The first-order valence-corrected chi connectivity index (χ1v) is 9.56. The van der Waals surface area contributed by atoms with Crippen LogP contribution in [0.25, 0.3) is 0 Å². The average Bonchev–Trinajstić information content (AvgIpc) is 2.89. The summed E-state index contributed by atoms with van der Waals surface area (Å²) < 4.78 is 6.05. The number of methoxy groups -OCH3 is 1. The van der Waals surface area contributed by atoms with Crippen molar-refractivity contribution in [1.29, 1.82) is 0 Å². The molecule has 0 aliphatic carbocycles. The highest BCUT2D eigenvalue weighted by atomic mass is 127. The van der Waals surface area contributed by atoms with Gasteiger partial charge in [-0.1, -0.05) is 30.8 Å². The molecule has 0 bridgehead atoms. The van der Waals surface area contributed by atoms with Crippen molar-refractivity contribution in [1.82, 2.24) is 4.90 Å². The number of carbonyl (C=O) groups is 2. The summed E-state index contributed by atoms with van der Waals surface area (Å²) in [5, 5.41) is 0.514. The van der Waals surface area contributed by atoms with Crippen LogP contribution in [0, 0.1) is 3.57 Å². The Morgan fingerprint density at radius 3 is 2.62 bits per heavy atom. The van der Waals surface area contributed by atoms with Crippen LogP contribution in [0.5, 0.6) is 0 Å². The first kappa shape index (κ1) is 17.5. The highest BCUT2D eigenvalue weighted by Gasteiger charge is 2.46. The van der Waals surface area contributed by atoms with E-state index in [0.29, 0.717) is 16.4 Å². The number of fused-ring (bicyclic) bond motifs is 1. The Morgan fingerprint density at radius 1 is 1.38 bits per heavy atom. The van der Waals surface area contributed by atoms with Gasteiger partial charge in [0.2, 0.25) is 5.91 Å². The van der Waals surface area contributed by atoms with Crippen LogP contribution in [-0.4, -0.2) is 34.3 Å². The molecule has 0 N–H and O–H groups in total. The van der Waals surface area contributed by atoms with Gasteiger partial charge in [-0.2, -0.15) is 0 Å². The summed E-state index contributed by atoms with van der Waals surface area (Å²) in [4.78, 5) is 31.4. The summed E-state index contributed by atoms with van der Waals surface area (Å²) in [5.41, 5.74) is 1.91. The van der Waals surface area contributed by atoms with Crippen molar-refractivity contribution in [2.24, 2.45) is 4.99 Å². The minimum atomic E-state index is -0.488. The third kappa shape index (κ3) is 2.88. The summed E-state index contributed by atoms with van der Waals surface area (Å²) in [6.45, 7) is 3.77. The number of benzene rings is 1. The van der Waals surface area contributed by atoms with Crippen LogP contribution >= 0.6 is 34.4 Å². The van der Waals surface area contributed by atoms with Gasteiger partial charge in [0.05, 0.1) is 29.7 Å². The van der Waals surface area contributed by atoms with E-state index in [1.807, 2.05) is 31.2 Å². The number of nitrogens with zero attached hydrogens (tertiary/aromatic N) is 2. The molecule has 5 nitrogen and oxygen atoms in total. The van der Waals surface area contributed by atoms with Gasteiger partial charge in [0.15, 0.2) is 5.17 Å². The molecule has 3 rings (SSSR count). The minimum Gasteiger partial charge on any atom is -0.466 e. The fourth-order valence-electron chi connectivity index (χ4n) is 2.92. The Labute approximate surface area is 158 Å². The molecule has 1 amide bonds.